The SMILES string of the molecule is Cc1cc(C)cc(NC(=O)Nc2cc3[nH]c(=O)[nH]c3cc2C)c1. The molecule has 3 rings (SSSR count). The zero-order valence-corrected chi connectivity index (χ0v) is 13.2. The van der Waals surface area contributed by atoms with Crippen molar-refractivity contribution in [3.8, 4) is 0 Å². The highest BCUT2D eigenvalue weighted by Gasteiger charge is 2.08. The van der Waals surface area contributed by atoms with Gasteiger partial charge in [-0.1, -0.05) is 6.07 Å². The first-order valence-corrected chi connectivity index (χ1v) is 7.29. The molecule has 0 fully saturated rings. The van der Waals surface area contributed by atoms with E-state index >= 15 is 0 Å². The number of imidazole rings is 1. The predicted molar refractivity (Wildman–Crippen MR) is 92.2 cm³/mol. The Kier molecular flexibility index (Phi) is 3.65. The molecule has 23 heavy (non-hydrogen) atoms. The molecule has 0 aliphatic rings. The number of anilines is 2. The third-order valence-electron chi connectivity index (χ3n) is 3.59. The number of benzene rings is 2. The van der Waals surface area contributed by atoms with Crippen LogP contribution in [0.1, 0.15) is 16.7 Å². The Hall–Kier alpha value is -3.02. The van der Waals surface area contributed by atoms with Crippen LogP contribution in [-0.2, 0) is 0 Å². The van der Waals surface area contributed by atoms with E-state index in [1.807, 2.05) is 45.0 Å². The van der Waals surface area contributed by atoms with E-state index in [9.17, 15) is 9.59 Å². The third kappa shape index (κ3) is 3.26. The Labute approximate surface area is 132 Å². The summed E-state index contributed by atoms with van der Waals surface area (Å²) in [4.78, 5) is 28.9. The van der Waals surface area contributed by atoms with Crippen LogP contribution < -0.4 is 16.3 Å². The zero-order chi connectivity index (χ0) is 16.6. The van der Waals surface area contributed by atoms with Gasteiger partial charge in [-0.05, 0) is 61.7 Å². The molecule has 2 amide bonds. The van der Waals surface area contributed by atoms with Crippen LogP contribution in [0.4, 0.5) is 16.2 Å². The minimum absolute atomic E-state index is 0.267. The molecule has 2 aromatic carbocycles. The van der Waals surface area contributed by atoms with Gasteiger partial charge in [-0.3, -0.25) is 0 Å². The van der Waals surface area contributed by atoms with Crippen molar-refractivity contribution in [1.82, 2.24) is 9.97 Å². The van der Waals surface area contributed by atoms with E-state index in [0.29, 0.717) is 16.7 Å². The van der Waals surface area contributed by atoms with Gasteiger partial charge in [-0.25, -0.2) is 9.59 Å². The quantitative estimate of drug-likeness (QED) is 0.584. The summed E-state index contributed by atoms with van der Waals surface area (Å²) in [6, 6.07) is 9.10. The lowest BCUT2D eigenvalue weighted by Gasteiger charge is -2.11. The molecule has 6 nitrogen and oxygen atoms in total. The summed E-state index contributed by atoms with van der Waals surface area (Å²) >= 11 is 0. The molecule has 4 N–H and O–H groups in total. The number of amides is 2. The Morgan fingerprint density at radius 2 is 1.48 bits per heavy atom. The lowest BCUT2D eigenvalue weighted by molar-refractivity contribution is 0.262. The molecule has 0 aliphatic heterocycles. The summed E-state index contributed by atoms with van der Waals surface area (Å²) in [6.45, 7) is 5.84. The van der Waals surface area contributed by atoms with Gasteiger partial charge in [-0.2, -0.15) is 0 Å². The summed E-state index contributed by atoms with van der Waals surface area (Å²) in [6.07, 6.45) is 0. The van der Waals surface area contributed by atoms with Crippen molar-refractivity contribution in [2.45, 2.75) is 20.8 Å². The Morgan fingerprint density at radius 3 is 2.13 bits per heavy atom. The standard InChI is InChI=1S/C17H18N4O2/c1-9-4-10(2)6-12(5-9)18-16(22)19-13-8-15-14(7-11(13)3)20-17(23)21-15/h4-8H,1-3H3,(H2,18,19,22)(H2,20,21,23). The maximum Gasteiger partial charge on any atom is 0.323 e. The van der Waals surface area contributed by atoms with Crippen LogP contribution in [0, 0.1) is 20.8 Å². The Balaban J connectivity index is 1.82. The smallest absolute Gasteiger partial charge is 0.308 e. The van der Waals surface area contributed by atoms with E-state index in [1.54, 1.807) is 6.07 Å². The van der Waals surface area contributed by atoms with E-state index < -0.39 is 0 Å². The van der Waals surface area contributed by atoms with Gasteiger partial charge in [0.2, 0.25) is 0 Å². The lowest BCUT2D eigenvalue weighted by atomic mass is 10.1. The second kappa shape index (κ2) is 5.64. The van der Waals surface area contributed by atoms with Crippen molar-refractivity contribution in [1.29, 1.82) is 0 Å². The van der Waals surface area contributed by atoms with Gasteiger partial charge in [-0.15, -0.1) is 0 Å². The molecule has 6 heteroatoms. The van der Waals surface area contributed by atoms with Gasteiger partial charge in [0.15, 0.2) is 0 Å². The first kappa shape index (κ1) is 14.9. The van der Waals surface area contributed by atoms with Crippen LogP contribution in [0.3, 0.4) is 0 Å². The Bertz CT molecular complexity index is 933. The molecule has 3 aromatic rings. The van der Waals surface area contributed by atoms with Crippen LogP contribution in [0.25, 0.3) is 11.0 Å². The number of aromatic amines is 2. The Morgan fingerprint density at radius 1 is 0.870 bits per heavy atom. The number of H-pyrrole nitrogens is 2. The summed E-state index contributed by atoms with van der Waals surface area (Å²) in [5, 5.41) is 5.64. The van der Waals surface area contributed by atoms with Gasteiger partial charge in [0.05, 0.1) is 11.0 Å². The largest absolute Gasteiger partial charge is 0.323 e. The topological polar surface area (TPSA) is 89.8 Å². The van der Waals surface area contributed by atoms with Crippen molar-refractivity contribution < 1.29 is 4.79 Å². The summed E-state index contributed by atoms with van der Waals surface area (Å²) in [5.74, 6) is 0. The normalized spacial score (nSPS) is 10.7. The van der Waals surface area contributed by atoms with E-state index in [4.69, 9.17) is 0 Å². The number of carbonyl (C=O) groups excluding carboxylic acids is 1. The van der Waals surface area contributed by atoms with E-state index in [-0.39, 0.29) is 11.7 Å². The number of rotatable bonds is 2. The maximum absolute atomic E-state index is 12.2. The molecular weight excluding hydrogens is 292 g/mol. The monoisotopic (exact) mass is 310 g/mol. The van der Waals surface area contributed by atoms with Crippen molar-refractivity contribution in [3.63, 3.8) is 0 Å². The maximum atomic E-state index is 12.2. The van der Waals surface area contributed by atoms with Crippen LogP contribution in [0.15, 0.2) is 35.1 Å². The molecule has 0 bridgehead atoms. The predicted octanol–water partition coefficient (Wildman–Crippen LogP) is 3.43. The molecule has 0 unspecified atom stereocenters. The molecule has 0 saturated heterocycles. The van der Waals surface area contributed by atoms with Gasteiger partial charge in [0, 0.05) is 11.4 Å². The van der Waals surface area contributed by atoms with Crippen molar-refractivity contribution in [2.24, 2.45) is 0 Å². The van der Waals surface area contributed by atoms with E-state index in [0.717, 1.165) is 22.4 Å². The van der Waals surface area contributed by atoms with Crippen molar-refractivity contribution in [2.75, 3.05) is 10.6 Å². The van der Waals surface area contributed by atoms with Crippen molar-refractivity contribution >= 4 is 28.4 Å². The van der Waals surface area contributed by atoms with Gasteiger partial charge < -0.3 is 20.6 Å². The van der Waals surface area contributed by atoms with Crippen LogP contribution in [0.5, 0.6) is 0 Å². The fourth-order valence-electron chi connectivity index (χ4n) is 2.66. The first-order chi connectivity index (χ1) is 10.9. The highest BCUT2D eigenvalue weighted by molar-refractivity contribution is 6.01. The van der Waals surface area contributed by atoms with Crippen LogP contribution in [0.2, 0.25) is 0 Å². The van der Waals surface area contributed by atoms with Crippen LogP contribution >= 0.6 is 0 Å². The fraction of sp³-hybridized carbons (Fsp3) is 0.176. The molecule has 0 atom stereocenters. The number of hydrogen-bond donors (Lipinski definition) is 4. The first-order valence-electron chi connectivity index (χ1n) is 7.29. The second-order valence-corrected chi connectivity index (χ2v) is 5.75. The minimum atomic E-state index is -0.324. The number of hydrogen-bond acceptors (Lipinski definition) is 2. The average molecular weight is 310 g/mol. The number of urea groups is 1. The summed E-state index contributed by atoms with van der Waals surface area (Å²) in [5.41, 5.74) is 5.53. The molecule has 0 spiro atoms. The molecule has 118 valence electrons. The number of aromatic nitrogens is 2. The molecule has 1 aromatic heterocycles. The second-order valence-electron chi connectivity index (χ2n) is 5.75. The third-order valence-corrected chi connectivity index (χ3v) is 3.59. The molecule has 0 radical (unpaired) electrons. The molecule has 0 aliphatic carbocycles. The van der Waals surface area contributed by atoms with Gasteiger partial charge >= 0.3 is 11.7 Å². The molecular formula is C17H18N4O2. The summed E-state index contributed by atoms with van der Waals surface area (Å²) < 4.78 is 0. The van der Waals surface area contributed by atoms with E-state index in [1.165, 1.54) is 0 Å². The fourth-order valence-corrected chi connectivity index (χ4v) is 2.66. The number of fused-ring (bicyclic) bond motifs is 1. The molecule has 1 heterocycles. The highest BCUT2D eigenvalue weighted by atomic mass is 16.2. The number of carbonyl (C=O) groups is 1. The van der Waals surface area contributed by atoms with Crippen molar-refractivity contribution in [3.05, 3.63) is 57.5 Å². The van der Waals surface area contributed by atoms with Crippen LogP contribution in [-0.4, -0.2) is 16.0 Å². The zero-order valence-electron chi connectivity index (χ0n) is 13.2. The van der Waals surface area contributed by atoms with Gasteiger partial charge in [0.1, 0.15) is 0 Å². The summed E-state index contributed by atoms with van der Waals surface area (Å²) in [7, 11) is 0. The molecule has 0 saturated carbocycles. The minimum Gasteiger partial charge on any atom is -0.308 e. The lowest BCUT2D eigenvalue weighted by Crippen LogP contribution is -2.20. The van der Waals surface area contributed by atoms with E-state index in [2.05, 4.69) is 20.6 Å². The average Bonchev–Trinajstić information content (AvgIpc) is 2.76. The number of nitrogens with one attached hydrogen (secondary N) is 4. The highest BCUT2D eigenvalue weighted by Crippen LogP contribution is 2.21. The number of aryl methyl sites for hydroxylation is 3. The van der Waals surface area contributed by atoms with Gasteiger partial charge in [0.25, 0.3) is 0 Å².